The van der Waals surface area contributed by atoms with Gasteiger partial charge in [0, 0.05) is 11.7 Å². The van der Waals surface area contributed by atoms with Gasteiger partial charge in [0.15, 0.2) is 0 Å². The van der Waals surface area contributed by atoms with Crippen LogP contribution >= 0.6 is 11.8 Å². The van der Waals surface area contributed by atoms with Gasteiger partial charge in [0.2, 0.25) is 0 Å². The van der Waals surface area contributed by atoms with Crippen molar-refractivity contribution in [3.63, 3.8) is 0 Å². The molecule has 2 heteroatoms. The third-order valence-corrected chi connectivity index (χ3v) is 3.66. The first kappa shape index (κ1) is 11.0. The zero-order chi connectivity index (χ0) is 9.68. The fourth-order valence-corrected chi connectivity index (χ4v) is 2.97. The Balaban J connectivity index is 2.25. The average molecular weight is 200 g/mol. The molecule has 0 amide bonds. The molecule has 0 fully saturated rings. The third-order valence-electron chi connectivity index (χ3n) is 2.57. The van der Waals surface area contributed by atoms with Gasteiger partial charge in [-0.25, -0.2) is 0 Å². The molecule has 0 saturated carbocycles. The van der Waals surface area contributed by atoms with Gasteiger partial charge in [0.05, 0.1) is 5.76 Å². The summed E-state index contributed by atoms with van der Waals surface area (Å²) < 4.78 is 0. The van der Waals surface area contributed by atoms with Crippen LogP contribution < -0.4 is 0 Å². The van der Waals surface area contributed by atoms with Crippen LogP contribution in [0.1, 0.15) is 39.5 Å². The SMILES string of the molecule is CCSC(C)CC1CCC=C(O)C1. The van der Waals surface area contributed by atoms with Crippen molar-refractivity contribution in [3.8, 4) is 0 Å². The molecule has 1 aliphatic rings. The molecule has 0 aromatic heterocycles. The Hall–Kier alpha value is -0.110. The van der Waals surface area contributed by atoms with Crippen molar-refractivity contribution >= 4 is 11.8 Å². The number of hydrogen-bond acceptors (Lipinski definition) is 2. The molecule has 2 atom stereocenters. The van der Waals surface area contributed by atoms with E-state index in [1.165, 1.54) is 18.6 Å². The first-order chi connectivity index (χ1) is 6.22. The van der Waals surface area contributed by atoms with E-state index in [0.717, 1.165) is 24.0 Å². The second-order valence-electron chi connectivity index (χ2n) is 3.84. The molecular formula is C11H20OS. The molecule has 0 heterocycles. The van der Waals surface area contributed by atoms with Gasteiger partial charge in [-0.1, -0.05) is 13.8 Å². The summed E-state index contributed by atoms with van der Waals surface area (Å²) in [5.41, 5.74) is 0. The number of thioether (sulfide) groups is 1. The van der Waals surface area contributed by atoms with E-state index in [0.29, 0.717) is 5.76 Å². The summed E-state index contributed by atoms with van der Waals surface area (Å²) in [6, 6.07) is 0. The number of aliphatic hydroxyl groups is 1. The number of allylic oxidation sites excluding steroid dienone is 2. The van der Waals surface area contributed by atoms with Crippen molar-refractivity contribution in [2.75, 3.05) is 5.75 Å². The lowest BCUT2D eigenvalue weighted by molar-refractivity contribution is 0.311. The highest BCUT2D eigenvalue weighted by Gasteiger charge is 2.17. The van der Waals surface area contributed by atoms with Gasteiger partial charge < -0.3 is 5.11 Å². The Bertz CT molecular complexity index is 177. The molecule has 13 heavy (non-hydrogen) atoms. The minimum absolute atomic E-state index is 0.616. The lowest BCUT2D eigenvalue weighted by Crippen LogP contribution is -2.12. The second-order valence-corrected chi connectivity index (χ2v) is 5.56. The Morgan fingerprint density at radius 2 is 2.46 bits per heavy atom. The van der Waals surface area contributed by atoms with Gasteiger partial charge in [-0.05, 0) is 37.0 Å². The van der Waals surface area contributed by atoms with Crippen LogP contribution in [0, 0.1) is 5.92 Å². The third kappa shape index (κ3) is 4.08. The first-order valence-electron chi connectivity index (χ1n) is 5.22. The molecule has 0 aromatic carbocycles. The van der Waals surface area contributed by atoms with E-state index >= 15 is 0 Å². The maximum atomic E-state index is 9.38. The molecule has 2 unspecified atom stereocenters. The summed E-state index contributed by atoms with van der Waals surface area (Å²) >= 11 is 2.03. The Morgan fingerprint density at radius 3 is 3.08 bits per heavy atom. The minimum atomic E-state index is 0.616. The molecular weight excluding hydrogens is 180 g/mol. The molecule has 76 valence electrons. The minimum Gasteiger partial charge on any atom is -0.513 e. The molecule has 0 radical (unpaired) electrons. The number of hydrogen-bond donors (Lipinski definition) is 1. The van der Waals surface area contributed by atoms with E-state index in [-0.39, 0.29) is 0 Å². The highest BCUT2D eigenvalue weighted by atomic mass is 32.2. The van der Waals surface area contributed by atoms with Crippen LogP contribution in [0.15, 0.2) is 11.8 Å². The smallest absolute Gasteiger partial charge is 0.0885 e. The van der Waals surface area contributed by atoms with Gasteiger partial charge in [-0.15, -0.1) is 0 Å². The van der Waals surface area contributed by atoms with Crippen LogP contribution in [0.5, 0.6) is 0 Å². The number of rotatable bonds is 4. The highest BCUT2D eigenvalue weighted by molar-refractivity contribution is 7.99. The summed E-state index contributed by atoms with van der Waals surface area (Å²) in [5, 5.41) is 10.1. The summed E-state index contributed by atoms with van der Waals surface area (Å²) in [7, 11) is 0. The maximum Gasteiger partial charge on any atom is 0.0885 e. The maximum absolute atomic E-state index is 9.38. The fourth-order valence-electron chi connectivity index (χ4n) is 1.99. The van der Waals surface area contributed by atoms with Gasteiger partial charge in [0.25, 0.3) is 0 Å². The molecule has 1 rings (SSSR count). The summed E-state index contributed by atoms with van der Waals surface area (Å²) in [5.74, 6) is 2.54. The predicted octanol–water partition coefficient (Wildman–Crippen LogP) is 3.76. The largest absolute Gasteiger partial charge is 0.513 e. The van der Waals surface area contributed by atoms with Crippen molar-refractivity contribution in [2.24, 2.45) is 5.92 Å². The van der Waals surface area contributed by atoms with Crippen LogP contribution in [-0.4, -0.2) is 16.1 Å². The van der Waals surface area contributed by atoms with Crippen molar-refractivity contribution in [1.29, 1.82) is 0 Å². The zero-order valence-electron chi connectivity index (χ0n) is 8.62. The summed E-state index contributed by atoms with van der Waals surface area (Å²) in [6.45, 7) is 4.50. The molecule has 0 aromatic rings. The van der Waals surface area contributed by atoms with Gasteiger partial charge in [-0.3, -0.25) is 0 Å². The quantitative estimate of drug-likeness (QED) is 0.745. The van der Waals surface area contributed by atoms with E-state index < -0.39 is 0 Å². The zero-order valence-corrected chi connectivity index (χ0v) is 9.44. The van der Waals surface area contributed by atoms with Crippen LogP contribution in [0.25, 0.3) is 0 Å². The normalized spacial score (nSPS) is 25.4. The predicted molar refractivity (Wildman–Crippen MR) is 60.3 cm³/mol. The molecule has 0 spiro atoms. The number of aliphatic hydroxyl groups excluding tert-OH is 1. The highest BCUT2D eigenvalue weighted by Crippen LogP contribution is 2.29. The standard InChI is InChI=1S/C11H20OS/c1-3-13-9(2)7-10-5-4-6-11(12)8-10/h6,9-10,12H,3-5,7-8H2,1-2H3. The van der Waals surface area contributed by atoms with Crippen LogP contribution in [0.3, 0.4) is 0 Å². The van der Waals surface area contributed by atoms with E-state index in [9.17, 15) is 5.11 Å². The van der Waals surface area contributed by atoms with Gasteiger partial charge in [-0.2, -0.15) is 11.8 Å². The lowest BCUT2D eigenvalue weighted by atomic mass is 9.89. The lowest BCUT2D eigenvalue weighted by Gasteiger charge is -2.22. The average Bonchev–Trinajstić information content (AvgIpc) is 2.04. The molecule has 0 aliphatic heterocycles. The van der Waals surface area contributed by atoms with Crippen LogP contribution in [-0.2, 0) is 0 Å². The van der Waals surface area contributed by atoms with E-state index in [1.807, 2.05) is 17.8 Å². The van der Waals surface area contributed by atoms with Crippen molar-refractivity contribution in [1.82, 2.24) is 0 Å². The summed E-state index contributed by atoms with van der Waals surface area (Å²) in [4.78, 5) is 0. The van der Waals surface area contributed by atoms with E-state index in [1.54, 1.807) is 0 Å². The van der Waals surface area contributed by atoms with Crippen LogP contribution in [0.4, 0.5) is 0 Å². The van der Waals surface area contributed by atoms with Crippen LogP contribution in [0.2, 0.25) is 0 Å². The monoisotopic (exact) mass is 200 g/mol. The second kappa shape index (κ2) is 5.58. The van der Waals surface area contributed by atoms with Gasteiger partial charge >= 0.3 is 0 Å². The Kier molecular flexibility index (Phi) is 4.71. The van der Waals surface area contributed by atoms with Crippen molar-refractivity contribution in [2.45, 2.75) is 44.8 Å². The van der Waals surface area contributed by atoms with Crippen molar-refractivity contribution in [3.05, 3.63) is 11.8 Å². The van der Waals surface area contributed by atoms with E-state index in [2.05, 4.69) is 13.8 Å². The molecule has 1 aliphatic carbocycles. The molecule has 0 saturated heterocycles. The topological polar surface area (TPSA) is 20.2 Å². The Labute approximate surface area is 85.6 Å². The molecule has 0 bridgehead atoms. The molecule has 1 nitrogen and oxygen atoms in total. The van der Waals surface area contributed by atoms with Gasteiger partial charge in [0.1, 0.15) is 0 Å². The fraction of sp³-hybridized carbons (Fsp3) is 0.818. The van der Waals surface area contributed by atoms with E-state index in [4.69, 9.17) is 0 Å². The first-order valence-corrected chi connectivity index (χ1v) is 6.26. The summed E-state index contributed by atoms with van der Waals surface area (Å²) in [6.07, 6.45) is 6.47. The van der Waals surface area contributed by atoms with Crippen molar-refractivity contribution < 1.29 is 5.11 Å². The Morgan fingerprint density at radius 1 is 1.69 bits per heavy atom. The molecule has 1 N–H and O–H groups in total.